The van der Waals surface area contributed by atoms with Crippen LogP contribution in [0.1, 0.15) is 32.1 Å². The molecule has 0 aliphatic heterocycles. The molecular formula is C11H21N5. The minimum atomic E-state index is 0.728. The molecule has 2 N–H and O–H groups in total. The van der Waals surface area contributed by atoms with Gasteiger partial charge < -0.3 is 10.2 Å². The van der Waals surface area contributed by atoms with Gasteiger partial charge in [-0.05, 0) is 18.8 Å². The first kappa shape index (κ1) is 11.2. The number of anilines is 2. The maximum Gasteiger partial charge on any atom is 0.245 e. The predicted octanol–water partition coefficient (Wildman–Crippen LogP) is 1.86. The maximum absolute atomic E-state index is 4.34. The fraction of sp³-hybridized carbons (Fsp3) is 0.818. The van der Waals surface area contributed by atoms with E-state index in [0.717, 1.165) is 24.4 Å². The Morgan fingerprint density at radius 1 is 1.31 bits per heavy atom. The summed E-state index contributed by atoms with van der Waals surface area (Å²) in [6.07, 6.45) is 6.87. The molecule has 16 heavy (non-hydrogen) atoms. The first-order valence-corrected chi connectivity index (χ1v) is 6.09. The second kappa shape index (κ2) is 5.18. The molecule has 0 saturated heterocycles. The highest BCUT2D eigenvalue weighted by molar-refractivity contribution is 5.34. The van der Waals surface area contributed by atoms with Gasteiger partial charge in [0.15, 0.2) is 0 Å². The molecule has 0 spiro atoms. The van der Waals surface area contributed by atoms with E-state index in [9.17, 15) is 0 Å². The smallest absolute Gasteiger partial charge is 0.245 e. The third-order valence-corrected chi connectivity index (χ3v) is 3.16. The predicted molar refractivity (Wildman–Crippen MR) is 65.8 cm³/mol. The molecular weight excluding hydrogens is 202 g/mol. The van der Waals surface area contributed by atoms with E-state index in [1.807, 2.05) is 19.0 Å². The lowest BCUT2D eigenvalue weighted by atomic mass is 9.89. The van der Waals surface area contributed by atoms with E-state index in [2.05, 4.69) is 20.5 Å². The summed E-state index contributed by atoms with van der Waals surface area (Å²) < 4.78 is 0. The first-order valence-electron chi connectivity index (χ1n) is 6.09. The van der Waals surface area contributed by atoms with E-state index in [-0.39, 0.29) is 0 Å². The molecule has 90 valence electrons. The van der Waals surface area contributed by atoms with Crippen molar-refractivity contribution in [2.45, 2.75) is 32.1 Å². The zero-order valence-corrected chi connectivity index (χ0v) is 10.2. The summed E-state index contributed by atoms with van der Waals surface area (Å²) in [5.74, 6) is 2.32. The Kier molecular flexibility index (Phi) is 3.64. The van der Waals surface area contributed by atoms with Gasteiger partial charge in [0.25, 0.3) is 0 Å². The zero-order chi connectivity index (χ0) is 11.4. The van der Waals surface area contributed by atoms with Crippen molar-refractivity contribution in [1.29, 1.82) is 0 Å². The second-order valence-corrected chi connectivity index (χ2v) is 4.76. The standard InChI is InChI=1S/C11H21N5/c1-16(2)11-13-10(14-15-11)12-8-9-6-4-3-5-7-9/h9H,3-8H2,1-2H3,(H2,12,13,14,15). The van der Waals surface area contributed by atoms with Crippen LogP contribution in [0.25, 0.3) is 0 Å². The SMILES string of the molecule is CN(C)c1n[nH]c(NCC2CCCCC2)n1. The average molecular weight is 223 g/mol. The van der Waals surface area contributed by atoms with Gasteiger partial charge >= 0.3 is 0 Å². The van der Waals surface area contributed by atoms with Gasteiger partial charge in [-0.1, -0.05) is 19.3 Å². The largest absolute Gasteiger partial charge is 0.354 e. The summed E-state index contributed by atoms with van der Waals surface area (Å²) in [6, 6.07) is 0. The lowest BCUT2D eigenvalue weighted by Crippen LogP contribution is -2.17. The summed E-state index contributed by atoms with van der Waals surface area (Å²) in [5.41, 5.74) is 0. The van der Waals surface area contributed by atoms with Crippen molar-refractivity contribution < 1.29 is 0 Å². The van der Waals surface area contributed by atoms with Crippen molar-refractivity contribution in [2.24, 2.45) is 5.92 Å². The number of nitrogens with one attached hydrogen (secondary N) is 2. The molecule has 2 rings (SSSR count). The summed E-state index contributed by atoms with van der Waals surface area (Å²) in [7, 11) is 3.88. The topological polar surface area (TPSA) is 56.8 Å². The highest BCUT2D eigenvalue weighted by Gasteiger charge is 2.13. The Labute approximate surface area is 96.6 Å². The Bertz CT molecular complexity index is 314. The first-order chi connectivity index (χ1) is 7.75. The van der Waals surface area contributed by atoms with Gasteiger partial charge in [-0.2, -0.15) is 4.98 Å². The number of rotatable bonds is 4. The van der Waals surface area contributed by atoms with Gasteiger partial charge in [0.2, 0.25) is 11.9 Å². The van der Waals surface area contributed by atoms with Crippen molar-refractivity contribution in [3.8, 4) is 0 Å². The molecule has 5 nitrogen and oxygen atoms in total. The molecule has 1 heterocycles. The number of nitrogens with zero attached hydrogens (tertiary/aromatic N) is 3. The zero-order valence-electron chi connectivity index (χ0n) is 10.2. The fourth-order valence-electron chi connectivity index (χ4n) is 2.16. The molecule has 1 aliphatic carbocycles. The monoisotopic (exact) mass is 223 g/mol. The molecule has 5 heteroatoms. The Hall–Kier alpha value is -1.26. The van der Waals surface area contributed by atoms with Crippen LogP contribution in [-0.4, -0.2) is 35.8 Å². The summed E-state index contributed by atoms with van der Waals surface area (Å²) in [6.45, 7) is 1.02. The molecule has 1 aliphatic rings. The van der Waals surface area contributed by atoms with Gasteiger partial charge in [0.1, 0.15) is 0 Å². The molecule has 0 radical (unpaired) electrons. The molecule has 0 aromatic carbocycles. The fourth-order valence-corrected chi connectivity index (χ4v) is 2.16. The number of aromatic nitrogens is 3. The number of hydrogen-bond acceptors (Lipinski definition) is 4. The van der Waals surface area contributed by atoms with E-state index in [1.165, 1.54) is 32.1 Å². The number of hydrogen-bond donors (Lipinski definition) is 2. The highest BCUT2D eigenvalue weighted by Crippen LogP contribution is 2.23. The van der Waals surface area contributed by atoms with Crippen LogP contribution in [0.4, 0.5) is 11.9 Å². The normalized spacial score (nSPS) is 17.4. The molecule has 0 unspecified atom stereocenters. The maximum atomic E-state index is 4.34. The van der Waals surface area contributed by atoms with Crippen LogP contribution in [0.5, 0.6) is 0 Å². The van der Waals surface area contributed by atoms with E-state index in [0.29, 0.717) is 0 Å². The molecule has 1 aromatic rings. The van der Waals surface area contributed by atoms with Crippen molar-refractivity contribution in [3.63, 3.8) is 0 Å². The van der Waals surface area contributed by atoms with Crippen LogP contribution in [0, 0.1) is 5.92 Å². The van der Waals surface area contributed by atoms with E-state index in [1.54, 1.807) is 0 Å². The van der Waals surface area contributed by atoms with Crippen LogP contribution in [0.3, 0.4) is 0 Å². The van der Waals surface area contributed by atoms with Gasteiger partial charge in [0, 0.05) is 20.6 Å². The lowest BCUT2D eigenvalue weighted by molar-refractivity contribution is 0.373. The molecule has 1 fully saturated rings. The molecule has 1 saturated carbocycles. The molecule has 0 atom stereocenters. The average Bonchev–Trinajstić information content (AvgIpc) is 2.76. The van der Waals surface area contributed by atoms with E-state index >= 15 is 0 Å². The van der Waals surface area contributed by atoms with Gasteiger partial charge in [-0.15, -0.1) is 5.10 Å². The lowest BCUT2D eigenvalue weighted by Gasteiger charge is -2.21. The minimum absolute atomic E-state index is 0.728. The van der Waals surface area contributed by atoms with Crippen LogP contribution in [0.2, 0.25) is 0 Å². The van der Waals surface area contributed by atoms with Gasteiger partial charge in [0.05, 0.1) is 0 Å². The highest BCUT2D eigenvalue weighted by atomic mass is 15.4. The minimum Gasteiger partial charge on any atom is -0.354 e. The third-order valence-electron chi connectivity index (χ3n) is 3.16. The Balaban J connectivity index is 1.79. The summed E-state index contributed by atoms with van der Waals surface area (Å²) >= 11 is 0. The van der Waals surface area contributed by atoms with Crippen molar-refractivity contribution >= 4 is 11.9 Å². The van der Waals surface area contributed by atoms with Crippen LogP contribution in [0.15, 0.2) is 0 Å². The third kappa shape index (κ3) is 2.87. The van der Waals surface area contributed by atoms with E-state index in [4.69, 9.17) is 0 Å². The van der Waals surface area contributed by atoms with E-state index < -0.39 is 0 Å². The summed E-state index contributed by atoms with van der Waals surface area (Å²) in [5, 5.41) is 10.4. The molecule has 0 amide bonds. The quantitative estimate of drug-likeness (QED) is 0.818. The summed E-state index contributed by atoms with van der Waals surface area (Å²) in [4.78, 5) is 6.23. The number of H-pyrrole nitrogens is 1. The molecule has 1 aromatic heterocycles. The number of aromatic amines is 1. The molecule has 0 bridgehead atoms. The van der Waals surface area contributed by atoms with Crippen molar-refractivity contribution in [3.05, 3.63) is 0 Å². The Morgan fingerprint density at radius 3 is 2.69 bits per heavy atom. The van der Waals surface area contributed by atoms with Crippen molar-refractivity contribution in [2.75, 3.05) is 30.9 Å². The van der Waals surface area contributed by atoms with Crippen LogP contribution >= 0.6 is 0 Å². The Morgan fingerprint density at radius 2 is 2.06 bits per heavy atom. The van der Waals surface area contributed by atoms with Crippen LogP contribution in [-0.2, 0) is 0 Å². The van der Waals surface area contributed by atoms with Gasteiger partial charge in [-0.3, -0.25) is 0 Å². The van der Waals surface area contributed by atoms with Gasteiger partial charge in [-0.25, -0.2) is 5.10 Å². The van der Waals surface area contributed by atoms with Crippen LogP contribution < -0.4 is 10.2 Å². The second-order valence-electron chi connectivity index (χ2n) is 4.76. The van der Waals surface area contributed by atoms with Crippen molar-refractivity contribution in [1.82, 2.24) is 15.2 Å².